The predicted octanol–water partition coefficient (Wildman–Crippen LogP) is 1.80. The molecule has 0 spiro atoms. The molecule has 6 heteroatoms. The van der Waals surface area contributed by atoms with Gasteiger partial charge in [0, 0.05) is 24.4 Å². The maximum Gasteiger partial charge on any atom is 0.225 e. The molecule has 1 aliphatic rings. The third-order valence-electron chi connectivity index (χ3n) is 3.84. The topological polar surface area (TPSA) is 62.3 Å². The molecular weight excluding hydrogens is 274 g/mol. The molecule has 0 bridgehead atoms. The molecule has 1 aliphatic heterocycles. The molecule has 110 valence electrons. The molecule has 1 atom stereocenters. The van der Waals surface area contributed by atoms with Gasteiger partial charge in [-0.05, 0) is 12.8 Å². The molecule has 0 aromatic carbocycles. The second-order valence-corrected chi connectivity index (χ2v) is 5.83. The lowest BCUT2D eigenvalue weighted by Gasteiger charge is -2.26. The SMILES string of the molecule is CCC(CC)N1C[C@H](C(=O)NCc2cscn2)CC1=O. The number of carbonyl (C=O) groups excluding carboxylic acids is 2. The van der Waals surface area contributed by atoms with E-state index in [2.05, 4.69) is 24.1 Å². The second-order valence-electron chi connectivity index (χ2n) is 5.12. The van der Waals surface area contributed by atoms with Crippen molar-refractivity contribution in [1.29, 1.82) is 0 Å². The highest BCUT2D eigenvalue weighted by atomic mass is 32.1. The first-order chi connectivity index (χ1) is 9.65. The number of nitrogens with zero attached hydrogens (tertiary/aromatic N) is 2. The van der Waals surface area contributed by atoms with E-state index in [4.69, 9.17) is 0 Å². The lowest BCUT2D eigenvalue weighted by molar-refractivity contribution is -0.130. The van der Waals surface area contributed by atoms with Gasteiger partial charge in [0.05, 0.1) is 23.7 Å². The summed E-state index contributed by atoms with van der Waals surface area (Å²) in [5, 5.41) is 4.78. The van der Waals surface area contributed by atoms with Gasteiger partial charge < -0.3 is 10.2 Å². The highest BCUT2D eigenvalue weighted by molar-refractivity contribution is 7.07. The van der Waals surface area contributed by atoms with E-state index in [1.807, 2.05) is 10.3 Å². The fourth-order valence-electron chi connectivity index (χ4n) is 2.64. The molecule has 1 aromatic heterocycles. The molecule has 20 heavy (non-hydrogen) atoms. The van der Waals surface area contributed by atoms with Crippen molar-refractivity contribution in [1.82, 2.24) is 15.2 Å². The molecule has 2 amide bonds. The molecular formula is C14H21N3O2S. The Bertz CT molecular complexity index is 457. The summed E-state index contributed by atoms with van der Waals surface area (Å²) in [5.41, 5.74) is 2.61. The molecule has 0 unspecified atom stereocenters. The molecule has 2 heterocycles. The van der Waals surface area contributed by atoms with Crippen LogP contribution < -0.4 is 5.32 Å². The summed E-state index contributed by atoms with van der Waals surface area (Å²) in [6, 6.07) is 0.263. The number of nitrogens with one attached hydrogen (secondary N) is 1. The smallest absolute Gasteiger partial charge is 0.225 e. The lowest BCUT2D eigenvalue weighted by Crippen LogP contribution is -2.37. The number of thiazole rings is 1. The summed E-state index contributed by atoms with van der Waals surface area (Å²) in [4.78, 5) is 30.1. The van der Waals surface area contributed by atoms with Crippen molar-refractivity contribution in [3.8, 4) is 0 Å². The second kappa shape index (κ2) is 6.83. The summed E-state index contributed by atoms with van der Waals surface area (Å²) < 4.78 is 0. The normalized spacial score (nSPS) is 18.9. The van der Waals surface area contributed by atoms with E-state index >= 15 is 0 Å². The van der Waals surface area contributed by atoms with Gasteiger partial charge in [-0.15, -0.1) is 11.3 Å². The van der Waals surface area contributed by atoms with Gasteiger partial charge in [0.1, 0.15) is 0 Å². The van der Waals surface area contributed by atoms with Gasteiger partial charge in [0.25, 0.3) is 0 Å². The number of hydrogen-bond acceptors (Lipinski definition) is 4. The van der Waals surface area contributed by atoms with Crippen molar-refractivity contribution in [2.75, 3.05) is 6.54 Å². The van der Waals surface area contributed by atoms with Crippen molar-refractivity contribution < 1.29 is 9.59 Å². The first kappa shape index (κ1) is 15.0. The highest BCUT2D eigenvalue weighted by Crippen LogP contribution is 2.23. The van der Waals surface area contributed by atoms with Gasteiger partial charge in [0.15, 0.2) is 0 Å². The standard InChI is InChI=1S/C14H21N3O2S/c1-3-12(4-2)17-7-10(5-13(17)18)14(19)15-6-11-8-20-9-16-11/h8-10,12H,3-7H2,1-2H3,(H,15,19)/t10-/m1/s1. The van der Waals surface area contributed by atoms with E-state index in [1.165, 1.54) is 11.3 Å². The zero-order chi connectivity index (χ0) is 14.5. The van der Waals surface area contributed by atoms with Crippen LogP contribution in [0.5, 0.6) is 0 Å². The van der Waals surface area contributed by atoms with E-state index in [-0.39, 0.29) is 23.8 Å². The van der Waals surface area contributed by atoms with Gasteiger partial charge in [-0.1, -0.05) is 13.8 Å². The third kappa shape index (κ3) is 3.36. The Kier molecular flexibility index (Phi) is 5.11. The Morgan fingerprint density at radius 1 is 1.55 bits per heavy atom. The molecule has 1 fully saturated rings. The fourth-order valence-corrected chi connectivity index (χ4v) is 3.19. The molecule has 1 saturated heterocycles. The zero-order valence-electron chi connectivity index (χ0n) is 12.0. The van der Waals surface area contributed by atoms with Crippen molar-refractivity contribution in [2.45, 2.75) is 45.7 Å². The van der Waals surface area contributed by atoms with E-state index in [0.717, 1.165) is 18.5 Å². The summed E-state index contributed by atoms with van der Waals surface area (Å²) >= 11 is 1.51. The van der Waals surface area contributed by atoms with Gasteiger partial charge >= 0.3 is 0 Å². The fraction of sp³-hybridized carbons (Fsp3) is 0.643. The lowest BCUT2D eigenvalue weighted by atomic mass is 10.1. The summed E-state index contributed by atoms with van der Waals surface area (Å²) in [6.07, 6.45) is 2.21. The first-order valence-corrected chi connectivity index (χ1v) is 8.04. The van der Waals surface area contributed by atoms with Crippen LogP contribution in [0.25, 0.3) is 0 Å². The largest absolute Gasteiger partial charge is 0.350 e. The summed E-state index contributed by atoms with van der Waals surface area (Å²) in [7, 11) is 0. The number of rotatable bonds is 6. The van der Waals surface area contributed by atoms with Crippen LogP contribution in [0.15, 0.2) is 10.9 Å². The Morgan fingerprint density at radius 2 is 2.30 bits per heavy atom. The maximum atomic E-state index is 12.1. The average molecular weight is 295 g/mol. The number of hydrogen-bond donors (Lipinski definition) is 1. The summed E-state index contributed by atoms with van der Waals surface area (Å²) in [6.45, 7) is 5.15. The van der Waals surface area contributed by atoms with Crippen LogP contribution in [0.1, 0.15) is 38.8 Å². The van der Waals surface area contributed by atoms with Crippen LogP contribution in [0.4, 0.5) is 0 Å². The minimum absolute atomic E-state index is 0.0418. The molecule has 1 aromatic rings. The number of likely N-dealkylation sites (tertiary alicyclic amines) is 1. The van der Waals surface area contributed by atoms with Crippen LogP contribution >= 0.6 is 11.3 Å². The van der Waals surface area contributed by atoms with Crippen molar-refractivity contribution in [3.63, 3.8) is 0 Å². The number of aromatic nitrogens is 1. The Labute approximate surface area is 123 Å². The van der Waals surface area contributed by atoms with Gasteiger partial charge in [-0.2, -0.15) is 0 Å². The van der Waals surface area contributed by atoms with Crippen molar-refractivity contribution in [3.05, 3.63) is 16.6 Å². The van der Waals surface area contributed by atoms with E-state index in [9.17, 15) is 9.59 Å². The monoisotopic (exact) mass is 295 g/mol. The average Bonchev–Trinajstić information content (AvgIpc) is 3.08. The van der Waals surface area contributed by atoms with Crippen LogP contribution in [0.2, 0.25) is 0 Å². The van der Waals surface area contributed by atoms with Gasteiger partial charge in [0.2, 0.25) is 11.8 Å². The van der Waals surface area contributed by atoms with Crippen molar-refractivity contribution in [2.24, 2.45) is 5.92 Å². The van der Waals surface area contributed by atoms with Crippen LogP contribution in [-0.2, 0) is 16.1 Å². The van der Waals surface area contributed by atoms with Crippen LogP contribution in [0, 0.1) is 5.92 Å². The Morgan fingerprint density at radius 3 is 2.90 bits per heavy atom. The highest BCUT2D eigenvalue weighted by Gasteiger charge is 2.36. The van der Waals surface area contributed by atoms with Crippen LogP contribution in [-0.4, -0.2) is 34.3 Å². The van der Waals surface area contributed by atoms with Crippen LogP contribution in [0.3, 0.4) is 0 Å². The third-order valence-corrected chi connectivity index (χ3v) is 4.47. The molecule has 2 rings (SSSR count). The minimum atomic E-state index is -0.221. The number of carbonyl (C=O) groups is 2. The Hall–Kier alpha value is -1.43. The minimum Gasteiger partial charge on any atom is -0.350 e. The first-order valence-electron chi connectivity index (χ1n) is 7.09. The molecule has 0 aliphatic carbocycles. The van der Waals surface area contributed by atoms with Gasteiger partial charge in [-0.25, -0.2) is 4.98 Å². The molecule has 0 saturated carbocycles. The van der Waals surface area contributed by atoms with E-state index < -0.39 is 0 Å². The number of amides is 2. The van der Waals surface area contributed by atoms with Gasteiger partial charge in [-0.3, -0.25) is 9.59 Å². The van der Waals surface area contributed by atoms with E-state index in [1.54, 1.807) is 5.51 Å². The zero-order valence-corrected chi connectivity index (χ0v) is 12.8. The van der Waals surface area contributed by atoms with E-state index in [0.29, 0.717) is 19.5 Å². The Balaban J connectivity index is 1.87. The molecule has 5 nitrogen and oxygen atoms in total. The predicted molar refractivity (Wildman–Crippen MR) is 78.2 cm³/mol. The quantitative estimate of drug-likeness (QED) is 0.870. The molecule has 1 N–H and O–H groups in total. The maximum absolute atomic E-state index is 12.1. The van der Waals surface area contributed by atoms with Crippen molar-refractivity contribution >= 4 is 23.2 Å². The summed E-state index contributed by atoms with van der Waals surface area (Å²) in [5.74, 6) is -0.158. The molecule has 0 radical (unpaired) electrons.